The van der Waals surface area contributed by atoms with Gasteiger partial charge in [-0.1, -0.05) is 97.1 Å². The maximum atomic E-state index is 6.33. The molecule has 5 nitrogen and oxygen atoms in total. The summed E-state index contributed by atoms with van der Waals surface area (Å²) in [5.41, 5.74) is 9.38. The first-order chi connectivity index (χ1) is 20.2. The molecule has 1 N–H and O–H groups in total. The van der Waals surface area contributed by atoms with Crippen molar-refractivity contribution in [2.24, 2.45) is 0 Å². The number of hydrogen-bond acceptors (Lipinski definition) is 4. The number of para-hydroxylation sites is 2. The van der Waals surface area contributed by atoms with Crippen LogP contribution in [0.2, 0.25) is 5.28 Å². The Morgan fingerprint density at radius 2 is 1.12 bits per heavy atom. The third-order valence-electron chi connectivity index (χ3n) is 7.45. The average molecular weight is 549 g/mol. The predicted octanol–water partition coefficient (Wildman–Crippen LogP) is 9.45. The Morgan fingerprint density at radius 1 is 0.537 bits per heavy atom. The molecule has 0 unspecified atom stereocenters. The maximum absolute atomic E-state index is 6.33. The Kier molecular flexibility index (Phi) is 5.43. The van der Waals surface area contributed by atoms with Crippen molar-refractivity contribution < 1.29 is 4.74 Å². The van der Waals surface area contributed by atoms with Gasteiger partial charge in [-0.2, -0.15) is 9.97 Å². The fourth-order valence-electron chi connectivity index (χ4n) is 5.51. The van der Waals surface area contributed by atoms with Gasteiger partial charge in [0, 0.05) is 38.7 Å². The predicted molar refractivity (Wildman–Crippen MR) is 164 cm³/mol. The largest absolute Gasteiger partial charge is 0.456 e. The molecular weight excluding hydrogens is 528 g/mol. The number of fused-ring (bicyclic) bond motifs is 7. The lowest BCUT2D eigenvalue weighted by molar-refractivity contribution is 0.487. The summed E-state index contributed by atoms with van der Waals surface area (Å²) in [6, 6.07) is 40.9. The minimum absolute atomic E-state index is 0.170. The molecule has 0 bridgehead atoms. The molecule has 3 heterocycles. The molecule has 0 radical (unpaired) electrons. The molecule has 7 aromatic rings. The van der Waals surface area contributed by atoms with Crippen LogP contribution in [0.3, 0.4) is 0 Å². The topological polar surface area (TPSA) is 63.7 Å². The molecule has 0 atom stereocenters. The van der Waals surface area contributed by atoms with E-state index in [4.69, 9.17) is 16.3 Å². The summed E-state index contributed by atoms with van der Waals surface area (Å²) < 4.78 is 6.33. The van der Waals surface area contributed by atoms with Crippen LogP contribution in [0.15, 0.2) is 121 Å². The molecule has 41 heavy (non-hydrogen) atoms. The summed E-state index contributed by atoms with van der Waals surface area (Å²) in [7, 11) is 0. The highest BCUT2D eigenvalue weighted by Gasteiger charge is 2.24. The zero-order chi connectivity index (χ0) is 27.3. The summed E-state index contributed by atoms with van der Waals surface area (Å²) in [5.74, 6) is 2.79. The highest BCUT2D eigenvalue weighted by molar-refractivity contribution is 6.28. The van der Waals surface area contributed by atoms with Crippen LogP contribution in [-0.4, -0.2) is 19.9 Å². The first kappa shape index (κ1) is 23.6. The maximum Gasteiger partial charge on any atom is 0.226 e. The number of aromatic nitrogens is 4. The van der Waals surface area contributed by atoms with Gasteiger partial charge < -0.3 is 9.72 Å². The van der Waals surface area contributed by atoms with Gasteiger partial charge in [0.2, 0.25) is 5.28 Å². The zero-order valence-corrected chi connectivity index (χ0v) is 22.4. The molecular formula is C35H21ClN4O. The third kappa shape index (κ3) is 4.06. The normalized spacial score (nSPS) is 11.7. The van der Waals surface area contributed by atoms with Gasteiger partial charge in [0.15, 0.2) is 11.6 Å². The lowest BCUT2D eigenvalue weighted by Gasteiger charge is -2.09. The Balaban J connectivity index is 1.20. The van der Waals surface area contributed by atoms with Crippen LogP contribution >= 0.6 is 11.6 Å². The second kappa shape index (κ2) is 9.44. The van der Waals surface area contributed by atoms with Crippen LogP contribution in [0, 0.1) is 0 Å². The molecule has 5 aromatic carbocycles. The average Bonchev–Trinajstić information content (AvgIpc) is 3.34. The van der Waals surface area contributed by atoms with Crippen molar-refractivity contribution in [3.63, 3.8) is 0 Å². The van der Waals surface area contributed by atoms with E-state index in [2.05, 4.69) is 68.5 Å². The van der Waals surface area contributed by atoms with E-state index in [1.807, 2.05) is 72.8 Å². The Morgan fingerprint density at radius 3 is 1.88 bits per heavy atom. The van der Waals surface area contributed by atoms with Crippen molar-refractivity contribution in [3.8, 4) is 67.8 Å². The summed E-state index contributed by atoms with van der Waals surface area (Å²) in [6.07, 6.45) is 0. The monoisotopic (exact) mass is 548 g/mol. The van der Waals surface area contributed by atoms with Crippen molar-refractivity contribution in [3.05, 3.63) is 127 Å². The number of ether oxygens (including phenoxy) is 1. The van der Waals surface area contributed by atoms with Gasteiger partial charge >= 0.3 is 0 Å². The highest BCUT2D eigenvalue weighted by Crippen LogP contribution is 2.49. The van der Waals surface area contributed by atoms with Gasteiger partial charge in [-0.05, 0) is 47.0 Å². The summed E-state index contributed by atoms with van der Waals surface area (Å²) >= 11 is 6.28. The molecule has 0 spiro atoms. The SMILES string of the molecule is Clc1nc(-c2ccccc2)nc(-c2ccc(-c3ccc4c5c([nH]c4c3)-c3ccccc3Oc3ccccc3-5)cc2)n1. The van der Waals surface area contributed by atoms with E-state index >= 15 is 0 Å². The van der Waals surface area contributed by atoms with E-state index < -0.39 is 0 Å². The summed E-state index contributed by atoms with van der Waals surface area (Å²) in [6.45, 7) is 0. The quantitative estimate of drug-likeness (QED) is 0.239. The minimum atomic E-state index is 0.170. The molecule has 6 heteroatoms. The van der Waals surface area contributed by atoms with Crippen molar-refractivity contribution in [1.82, 2.24) is 19.9 Å². The number of halogens is 1. The third-order valence-corrected chi connectivity index (χ3v) is 7.62. The standard InChI is InChI=1S/C35H21ClN4O/c36-35-39-33(22-8-2-1-3-9-22)38-34(40-35)23-16-14-21(15-17-23)24-18-19-25-28(20-24)37-32-27-11-5-7-13-30(27)41-29-12-6-4-10-26(29)31(25)32/h1-20,37H. The molecule has 194 valence electrons. The number of nitrogens with one attached hydrogen (secondary N) is 1. The van der Waals surface area contributed by atoms with Gasteiger partial charge in [0.05, 0.1) is 5.69 Å². The zero-order valence-electron chi connectivity index (χ0n) is 21.7. The molecule has 0 saturated heterocycles. The Labute approximate surface area is 241 Å². The van der Waals surface area contributed by atoms with Crippen LogP contribution < -0.4 is 4.74 Å². The fraction of sp³-hybridized carbons (Fsp3) is 0. The Hall–Kier alpha value is -5.26. The second-order valence-corrected chi connectivity index (χ2v) is 10.3. The highest BCUT2D eigenvalue weighted by atomic mass is 35.5. The number of nitrogens with zero attached hydrogens (tertiary/aromatic N) is 3. The summed E-state index contributed by atoms with van der Waals surface area (Å²) in [4.78, 5) is 17.1. The Bertz CT molecular complexity index is 2080. The smallest absolute Gasteiger partial charge is 0.226 e. The second-order valence-electron chi connectivity index (χ2n) is 9.92. The van der Waals surface area contributed by atoms with E-state index in [-0.39, 0.29) is 5.28 Å². The van der Waals surface area contributed by atoms with Gasteiger partial charge in [-0.25, -0.2) is 4.98 Å². The number of H-pyrrole nitrogens is 1. The van der Waals surface area contributed by atoms with Crippen LogP contribution in [0.1, 0.15) is 0 Å². The number of rotatable bonds is 3. The van der Waals surface area contributed by atoms with Gasteiger partial charge in [-0.15, -0.1) is 0 Å². The molecule has 1 aliphatic rings. The molecule has 0 saturated carbocycles. The van der Waals surface area contributed by atoms with Crippen molar-refractivity contribution in [2.45, 2.75) is 0 Å². The van der Waals surface area contributed by atoms with Crippen LogP contribution in [0.4, 0.5) is 0 Å². The summed E-state index contributed by atoms with van der Waals surface area (Å²) in [5, 5.41) is 1.32. The molecule has 0 amide bonds. The first-order valence-electron chi connectivity index (χ1n) is 13.3. The van der Waals surface area contributed by atoms with Crippen molar-refractivity contribution >= 4 is 22.5 Å². The van der Waals surface area contributed by atoms with Crippen LogP contribution in [0.5, 0.6) is 11.5 Å². The van der Waals surface area contributed by atoms with Crippen LogP contribution in [0.25, 0.3) is 67.2 Å². The molecule has 0 fully saturated rings. The van der Waals surface area contributed by atoms with E-state index in [1.54, 1.807) is 0 Å². The van der Waals surface area contributed by atoms with Gasteiger partial charge in [-0.3, -0.25) is 0 Å². The van der Waals surface area contributed by atoms with E-state index in [1.165, 1.54) is 0 Å². The van der Waals surface area contributed by atoms with E-state index in [0.29, 0.717) is 11.6 Å². The van der Waals surface area contributed by atoms with Gasteiger partial charge in [0.25, 0.3) is 0 Å². The molecule has 8 rings (SSSR count). The lowest BCUT2D eigenvalue weighted by Crippen LogP contribution is -1.97. The molecule has 1 aliphatic heterocycles. The van der Waals surface area contributed by atoms with E-state index in [9.17, 15) is 0 Å². The van der Waals surface area contributed by atoms with Gasteiger partial charge in [0.1, 0.15) is 11.5 Å². The molecule has 0 aliphatic carbocycles. The van der Waals surface area contributed by atoms with Crippen molar-refractivity contribution in [2.75, 3.05) is 0 Å². The molecule has 2 aromatic heterocycles. The number of benzene rings is 5. The lowest BCUT2D eigenvalue weighted by atomic mass is 9.97. The number of aromatic amines is 1. The van der Waals surface area contributed by atoms with Crippen LogP contribution in [-0.2, 0) is 0 Å². The van der Waals surface area contributed by atoms with Crippen molar-refractivity contribution in [1.29, 1.82) is 0 Å². The number of hydrogen-bond donors (Lipinski definition) is 1. The first-order valence-corrected chi connectivity index (χ1v) is 13.7. The minimum Gasteiger partial charge on any atom is -0.456 e. The fourth-order valence-corrected chi connectivity index (χ4v) is 5.67. The van der Waals surface area contributed by atoms with E-state index in [0.717, 1.165) is 67.0 Å².